The smallest absolute Gasteiger partial charge is 0.240 e. The van der Waals surface area contributed by atoms with E-state index in [1.54, 1.807) is 30.3 Å². The van der Waals surface area contributed by atoms with Crippen LogP contribution in [0.15, 0.2) is 35.2 Å². The summed E-state index contributed by atoms with van der Waals surface area (Å²) in [6, 6.07) is 8.29. The summed E-state index contributed by atoms with van der Waals surface area (Å²) < 4.78 is 37.2. The van der Waals surface area contributed by atoms with Gasteiger partial charge in [-0.2, -0.15) is 0 Å². The van der Waals surface area contributed by atoms with Crippen LogP contribution in [0.5, 0.6) is 0 Å². The SMILES string of the molecule is CC1(CCNS(=O)(=O)c2ccccc2)OCCO1. The number of hydrogen-bond acceptors (Lipinski definition) is 4. The molecule has 6 heteroatoms. The van der Waals surface area contributed by atoms with E-state index < -0.39 is 15.8 Å². The molecule has 0 unspecified atom stereocenters. The summed E-state index contributed by atoms with van der Waals surface area (Å²) in [5.41, 5.74) is 0. The van der Waals surface area contributed by atoms with Crippen LogP contribution in [0.25, 0.3) is 0 Å². The van der Waals surface area contributed by atoms with Crippen LogP contribution in [0.1, 0.15) is 13.3 Å². The van der Waals surface area contributed by atoms with Crippen molar-refractivity contribution in [3.05, 3.63) is 30.3 Å². The van der Waals surface area contributed by atoms with E-state index in [1.165, 1.54) is 0 Å². The maximum atomic E-state index is 11.9. The Morgan fingerprint density at radius 2 is 1.83 bits per heavy atom. The first-order chi connectivity index (χ1) is 8.52. The van der Waals surface area contributed by atoms with Gasteiger partial charge in [0, 0.05) is 13.0 Å². The Labute approximate surface area is 107 Å². The van der Waals surface area contributed by atoms with Gasteiger partial charge < -0.3 is 9.47 Å². The monoisotopic (exact) mass is 271 g/mol. The van der Waals surface area contributed by atoms with Crippen LogP contribution in [0.4, 0.5) is 0 Å². The molecule has 18 heavy (non-hydrogen) atoms. The third-order valence-electron chi connectivity index (χ3n) is 2.82. The predicted octanol–water partition coefficient (Wildman–Crippen LogP) is 1.12. The van der Waals surface area contributed by atoms with Crippen LogP contribution < -0.4 is 4.72 Å². The van der Waals surface area contributed by atoms with Crippen LogP contribution >= 0.6 is 0 Å². The van der Waals surface area contributed by atoms with Crippen LogP contribution in [-0.4, -0.2) is 34.0 Å². The molecule has 1 saturated heterocycles. The van der Waals surface area contributed by atoms with Crippen molar-refractivity contribution in [2.45, 2.75) is 24.0 Å². The minimum Gasteiger partial charge on any atom is -0.348 e. The quantitative estimate of drug-likeness (QED) is 0.871. The maximum absolute atomic E-state index is 11.9. The summed E-state index contributed by atoms with van der Waals surface area (Å²) in [6.07, 6.45) is 0.485. The lowest BCUT2D eigenvalue weighted by Gasteiger charge is -2.22. The van der Waals surface area contributed by atoms with E-state index in [9.17, 15) is 8.42 Å². The maximum Gasteiger partial charge on any atom is 0.240 e. The fourth-order valence-electron chi connectivity index (χ4n) is 1.80. The lowest BCUT2D eigenvalue weighted by atomic mass is 10.2. The van der Waals surface area contributed by atoms with E-state index in [0.29, 0.717) is 19.6 Å². The molecule has 100 valence electrons. The van der Waals surface area contributed by atoms with Gasteiger partial charge in [0.05, 0.1) is 18.1 Å². The zero-order chi connectivity index (χ0) is 13.1. The predicted molar refractivity (Wildman–Crippen MR) is 66.6 cm³/mol. The van der Waals surface area contributed by atoms with E-state index in [0.717, 1.165) is 0 Å². The Hall–Kier alpha value is -0.950. The van der Waals surface area contributed by atoms with Gasteiger partial charge in [-0.25, -0.2) is 13.1 Å². The highest BCUT2D eigenvalue weighted by atomic mass is 32.2. The summed E-state index contributed by atoms with van der Waals surface area (Å²) in [7, 11) is -3.44. The molecule has 2 rings (SSSR count). The summed E-state index contributed by atoms with van der Waals surface area (Å²) in [4.78, 5) is 0.267. The van der Waals surface area contributed by atoms with E-state index in [2.05, 4.69) is 4.72 Å². The highest BCUT2D eigenvalue weighted by Crippen LogP contribution is 2.22. The number of benzene rings is 1. The first-order valence-corrected chi connectivity index (χ1v) is 7.33. The van der Waals surface area contributed by atoms with Crippen LogP contribution in [0.3, 0.4) is 0 Å². The van der Waals surface area contributed by atoms with Gasteiger partial charge in [0.1, 0.15) is 0 Å². The van der Waals surface area contributed by atoms with Gasteiger partial charge in [0.15, 0.2) is 5.79 Å². The average Bonchev–Trinajstić information content (AvgIpc) is 2.77. The molecule has 1 aromatic rings. The van der Waals surface area contributed by atoms with Crippen LogP contribution in [0, 0.1) is 0 Å². The molecule has 1 aliphatic rings. The average molecular weight is 271 g/mol. The van der Waals surface area contributed by atoms with Gasteiger partial charge in [0.2, 0.25) is 10.0 Å². The van der Waals surface area contributed by atoms with Crippen molar-refractivity contribution in [3.63, 3.8) is 0 Å². The molecule has 0 saturated carbocycles. The zero-order valence-electron chi connectivity index (χ0n) is 10.3. The van der Waals surface area contributed by atoms with E-state index in [4.69, 9.17) is 9.47 Å². The standard InChI is InChI=1S/C12H17NO4S/c1-12(16-9-10-17-12)7-8-13-18(14,15)11-5-3-2-4-6-11/h2-6,13H,7-10H2,1H3. The number of ether oxygens (including phenoxy) is 2. The Morgan fingerprint density at radius 1 is 1.22 bits per heavy atom. The van der Waals surface area contributed by atoms with Crippen molar-refractivity contribution in [2.24, 2.45) is 0 Å². The molecule has 1 aromatic carbocycles. The van der Waals surface area contributed by atoms with Crippen molar-refractivity contribution in [1.82, 2.24) is 4.72 Å². The first-order valence-electron chi connectivity index (χ1n) is 5.84. The van der Waals surface area contributed by atoms with Crippen molar-refractivity contribution in [1.29, 1.82) is 0 Å². The summed E-state index contributed by atoms with van der Waals surface area (Å²) >= 11 is 0. The number of hydrogen-bond donors (Lipinski definition) is 1. The Kier molecular flexibility index (Phi) is 4.01. The fraction of sp³-hybridized carbons (Fsp3) is 0.500. The topological polar surface area (TPSA) is 64.6 Å². The molecular weight excluding hydrogens is 254 g/mol. The number of sulfonamides is 1. The molecule has 0 aromatic heterocycles. The largest absolute Gasteiger partial charge is 0.348 e. The van der Waals surface area contributed by atoms with Gasteiger partial charge in [-0.3, -0.25) is 0 Å². The molecule has 1 aliphatic heterocycles. The van der Waals surface area contributed by atoms with Gasteiger partial charge in [-0.15, -0.1) is 0 Å². The molecule has 0 radical (unpaired) electrons. The Bertz CT molecular complexity index is 480. The second kappa shape index (κ2) is 5.36. The molecule has 0 spiro atoms. The van der Waals surface area contributed by atoms with E-state index in [-0.39, 0.29) is 11.4 Å². The lowest BCUT2D eigenvalue weighted by Crippen LogP contribution is -2.33. The summed E-state index contributed by atoms with van der Waals surface area (Å²) in [5.74, 6) is -0.667. The Balaban J connectivity index is 1.90. The summed E-state index contributed by atoms with van der Waals surface area (Å²) in [5, 5.41) is 0. The molecule has 1 N–H and O–H groups in total. The minimum absolute atomic E-state index is 0.267. The van der Waals surface area contributed by atoms with Crippen molar-refractivity contribution in [2.75, 3.05) is 19.8 Å². The molecule has 1 fully saturated rings. The van der Waals surface area contributed by atoms with Gasteiger partial charge >= 0.3 is 0 Å². The third-order valence-corrected chi connectivity index (χ3v) is 4.30. The van der Waals surface area contributed by atoms with Crippen molar-refractivity contribution < 1.29 is 17.9 Å². The zero-order valence-corrected chi connectivity index (χ0v) is 11.1. The normalized spacial score (nSPS) is 18.9. The second-order valence-electron chi connectivity index (χ2n) is 4.29. The first kappa shape index (κ1) is 13.5. The minimum atomic E-state index is -3.44. The molecular formula is C12H17NO4S. The summed E-state index contributed by atoms with van der Waals surface area (Å²) in [6.45, 7) is 3.22. The molecule has 0 atom stereocenters. The molecule has 0 bridgehead atoms. The highest BCUT2D eigenvalue weighted by Gasteiger charge is 2.30. The molecule has 0 amide bonds. The molecule has 5 nitrogen and oxygen atoms in total. The number of rotatable bonds is 5. The highest BCUT2D eigenvalue weighted by molar-refractivity contribution is 7.89. The van der Waals surface area contributed by atoms with Crippen LogP contribution in [0.2, 0.25) is 0 Å². The fourth-order valence-corrected chi connectivity index (χ4v) is 2.85. The van der Waals surface area contributed by atoms with Crippen molar-refractivity contribution >= 4 is 10.0 Å². The number of nitrogens with one attached hydrogen (secondary N) is 1. The van der Waals surface area contributed by atoms with E-state index >= 15 is 0 Å². The second-order valence-corrected chi connectivity index (χ2v) is 6.06. The van der Waals surface area contributed by atoms with E-state index in [1.807, 2.05) is 6.92 Å². The van der Waals surface area contributed by atoms with Crippen LogP contribution in [-0.2, 0) is 19.5 Å². The molecule has 0 aliphatic carbocycles. The van der Waals surface area contributed by atoms with Gasteiger partial charge in [0.25, 0.3) is 0 Å². The molecule has 1 heterocycles. The third kappa shape index (κ3) is 3.29. The van der Waals surface area contributed by atoms with Gasteiger partial charge in [-0.1, -0.05) is 18.2 Å². The van der Waals surface area contributed by atoms with Gasteiger partial charge in [-0.05, 0) is 19.1 Å². The lowest BCUT2D eigenvalue weighted by molar-refractivity contribution is -0.145. The van der Waals surface area contributed by atoms with Crippen molar-refractivity contribution in [3.8, 4) is 0 Å². The Morgan fingerprint density at radius 3 is 2.44 bits per heavy atom.